The van der Waals surface area contributed by atoms with Crippen LogP contribution in [0.5, 0.6) is 5.75 Å². The predicted molar refractivity (Wildman–Crippen MR) is 73.2 cm³/mol. The van der Waals surface area contributed by atoms with Gasteiger partial charge in [0.15, 0.2) is 11.6 Å². The Morgan fingerprint density at radius 3 is 2.90 bits per heavy atom. The summed E-state index contributed by atoms with van der Waals surface area (Å²) < 4.78 is 24.0. The summed E-state index contributed by atoms with van der Waals surface area (Å²) in [4.78, 5) is 11.8. The maximum absolute atomic E-state index is 13.6. The molecule has 4 nitrogen and oxygen atoms in total. The fourth-order valence-corrected chi connectivity index (χ4v) is 1.86. The van der Waals surface area contributed by atoms with E-state index in [0.29, 0.717) is 12.6 Å². The van der Waals surface area contributed by atoms with Crippen molar-refractivity contribution in [2.75, 3.05) is 13.2 Å². The van der Waals surface area contributed by atoms with Crippen molar-refractivity contribution in [3.63, 3.8) is 0 Å². The minimum atomic E-state index is -0.553. The SMILES string of the molecule is CCOC(=O)C(COc1cc(C)ccc1F)NC1CC1. The van der Waals surface area contributed by atoms with Crippen LogP contribution in [-0.2, 0) is 9.53 Å². The number of nitrogens with one attached hydrogen (secondary N) is 1. The van der Waals surface area contributed by atoms with Crippen LogP contribution >= 0.6 is 0 Å². The third kappa shape index (κ3) is 4.20. The number of carbonyl (C=O) groups is 1. The molecule has 0 bridgehead atoms. The van der Waals surface area contributed by atoms with E-state index in [-0.39, 0.29) is 18.3 Å². The van der Waals surface area contributed by atoms with Gasteiger partial charge in [0.2, 0.25) is 0 Å². The Morgan fingerprint density at radius 1 is 1.50 bits per heavy atom. The van der Waals surface area contributed by atoms with E-state index in [4.69, 9.17) is 9.47 Å². The molecule has 0 aliphatic heterocycles. The van der Waals surface area contributed by atoms with E-state index in [1.807, 2.05) is 6.92 Å². The van der Waals surface area contributed by atoms with Crippen molar-refractivity contribution in [1.29, 1.82) is 0 Å². The summed E-state index contributed by atoms with van der Waals surface area (Å²) in [5, 5.41) is 3.16. The van der Waals surface area contributed by atoms with Crippen LogP contribution in [-0.4, -0.2) is 31.3 Å². The first-order valence-electron chi connectivity index (χ1n) is 6.91. The molecule has 2 rings (SSSR count). The van der Waals surface area contributed by atoms with Crippen LogP contribution in [0.1, 0.15) is 25.3 Å². The third-order valence-electron chi connectivity index (χ3n) is 3.08. The number of hydrogen-bond donors (Lipinski definition) is 1. The van der Waals surface area contributed by atoms with Gasteiger partial charge in [-0.15, -0.1) is 0 Å². The van der Waals surface area contributed by atoms with Crippen molar-refractivity contribution < 1.29 is 18.7 Å². The minimum Gasteiger partial charge on any atom is -0.488 e. The molecule has 1 N–H and O–H groups in total. The summed E-state index contributed by atoms with van der Waals surface area (Å²) in [6, 6.07) is 4.44. The zero-order chi connectivity index (χ0) is 14.5. The number of carbonyl (C=O) groups excluding carboxylic acids is 1. The predicted octanol–water partition coefficient (Wildman–Crippen LogP) is 2.20. The fraction of sp³-hybridized carbons (Fsp3) is 0.533. The number of benzene rings is 1. The summed E-state index contributed by atoms with van der Waals surface area (Å²) in [6.07, 6.45) is 2.10. The van der Waals surface area contributed by atoms with Gasteiger partial charge in [0, 0.05) is 6.04 Å². The molecule has 0 heterocycles. The molecule has 1 aliphatic rings. The van der Waals surface area contributed by atoms with Crippen LogP contribution in [0.25, 0.3) is 0 Å². The lowest BCUT2D eigenvalue weighted by molar-refractivity contribution is -0.146. The second kappa shape index (κ2) is 6.70. The molecule has 1 saturated carbocycles. The van der Waals surface area contributed by atoms with E-state index in [1.54, 1.807) is 19.1 Å². The Balaban J connectivity index is 1.96. The van der Waals surface area contributed by atoms with E-state index in [9.17, 15) is 9.18 Å². The van der Waals surface area contributed by atoms with Gasteiger partial charge in [-0.05, 0) is 44.4 Å². The molecule has 0 amide bonds. The lowest BCUT2D eigenvalue weighted by Crippen LogP contribution is -2.43. The van der Waals surface area contributed by atoms with Crippen molar-refractivity contribution in [3.8, 4) is 5.75 Å². The second-order valence-corrected chi connectivity index (χ2v) is 4.99. The molecule has 0 aromatic heterocycles. The second-order valence-electron chi connectivity index (χ2n) is 4.99. The molecule has 20 heavy (non-hydrogen) atoms. The van der Waals surface area contributed by atoms with Crippen LogP contribution in [0.4, 0.5) is 4.39 Å². The summed E-state index contributed by atoms with van der Waals surface area (Å²) >= 11 is 0. The van der Waals surface area contributed by atoms with Crippen molar-refractivity contribution in [3.05, 3.63) is 29.6 Å². The largest absolute Gasteiger partial charge is 0.488 e. The summed E-state index contributed by atoms with van der Waals surface area (Å²) in [6.45, 7) is 4.00. The number of ether oxygens (including phenoxy) is 2. The Hall–Kier alpha value is -1.62. The van der Waals surface area contributed by atoms with Crippen LogP contribution in [0.2, 0.25) is 0 Å². The van der Waals surface area contributed by atoms with Gasteiger partial charge < -0.3 is 9.47 Å². The zero-order valence-corrected chi connectivity index (χ0v) is 11.8. The first kappa shape index (κ1) is 14.8. The highest BCUT2D eigenvalue weighted by Crippen LogP contribution is 2.21. The molecule has 1 aliphatic carbocycles. The van der Waals surface area contributed by atoms with Crippen molar-refractivity contribution in [1.82, 2.24) is 5.32 Å². The Labute approximate surface area is 118 Å². The molecule has 0 spiro atoms. The van der Waals surface area contributed by atoms with E-state index < -0.39 is 11.9 Å². The molecule has 1 aromatic rings. The van der Waals surface area contributed by atoms with E-state index in [0.717, 1.165) is 18.4 Å². The van der Waals surface area contributed by atoms with Crippen molar-refractivity contribution in [2.45, 2.75) is 38.8 Å². The highest BCUT2D eigenvalue weighted by Gasteiger charge is 2.29. The molecule has 1 unspecified atom stereocenters. The van der Waals surface area contributed by atoms with Gasteiger partial charge in [0.05, 0.1) is 6.61 Å². The average molecular weight is 281 g/mol. The third-order valence-corrected chi connectivity index (χ3v) is 3.08. The standard InChI is InChI=1S/C15H20FNO3/c1-3-19-15(18)13(17-11-5-6-11)9-20-14-8-10(2)4-7-12(14)16/h4,7-8,11,13,17H,3,5-6,9H2,1-2H3. The molecular formula is C15H20FNO3. The molecule has 5 heteroatoms. The molecule has 1 atom stereocenters. The average Bonchev–Trinajstić information content (AvgIpc) is 3.22. The monoisotopic (exact) mass is 281 g/mol. The first-order valence-corrected chi connectivity index (χ1v) is 6.91. The normalized spacial score (nSPS) is 15.8. The van der Waals surface area contributed by atoms with Crippen molar-refractivity contribution in [2.24, 2.45) is 0 Å². The van der Waals surface area contributed by atoms with E-state index >= 15 is 0 Å². The topological polar surface area (TPSA) is 47.6 Å². The molecule has 1 fully saturated rings. The van der Waals surface area contributed by atoms with Crippen LogP contribution in [0.3, 0.4) is 0 Å². The van der Waals surface area contributed by atoms with Gasteiger partial charge in [-0.3, -0.25) is 10.1 Å². The molecule has 0 radical (unpaired) electrons. The van der Waals surface area contributed by atoms with Crippen molar-refractivity contribution >= 4 is 5.97 Å². The van der Waals surface area contributed by atoms with E-state index in [2.05, 4.69) is 5.32 Å². The van der Waals surface area contributed by atoms with Gasteiger partial charge in [-0.25, -0.2) is 4.39 Å². The summed E-state index contributed by atoms with van der Waals surface area (Å²) in [5.74, 6) is -0.617. The molecular weight excluding hydrogens is 261 g/mol. The van der Waals surface area contributed by atoms with Gasteiger partial charge in [0.25, 0.3) is 0 Å². The Bertz CT molecular complexity index is 474. The van der Waals surface area contributed by atoms with Gasteiger partial charge in [-0.2, -0.15) is 0 Å². The fourth-order valence-electron chi connectivity index (χ4n) is 1.86. The molecule has 110 valence electrons. The highest BCUT2D eigenvalue weighted by atomic mass is 19.1. The van der Waals surface area contributed by atoms with E-state index in [1.165, 1.54) is 6.07 Å². The zero-order valence-electron chi connectivity index (χ0n) is 11.8. The smallest absolute Gasteiger partial charge is 0.326 e. The molecule has 1 aromatic carbocycles. The lowest BCUT2D eigenvalue weighted by atomic mass is 10.2. The quantitative estimate of drug-likeness (QED) is 0.778. The van der Waals surface area contributed by atoms with Crippen LogP contribution in [0, 0.1) is 12.7 Å². The first-order chi connectivity index (χ1) is 9.60. The number of rotatable bonds is 7. The number of aryl methyl sites for hydroxylation is 1. The Morgan fingerprint density at radius 2 is 2.25 bits per heavy atom. The molecule has 0 saturated heterocycles. The number of hydrogen-bond acceptors (Lipinski definition) is 4. The summed E-state index contributed by atoms with van der Waals surface area (Å²) in [5.41, 5.74) is 0.907. The maximum atomic E-state index is 13.6. The van der Waals surface area contributed by atoms with Crippen LogP contribution < -0.4 is 10.1 Å². The summed E-state index contributed by atoms with van der Waals surface area (Å²) in [7, 11) is 0. The van der Waals surface area contributed by atoms with Gasteiger partial charge in [-0.1, -0.05) is 6.07 Å². The van der Waals surface area contributed by atoms with Gasteiger partial charge >= 0.3 is 5.97 Å². The van der Waals surface area contributed by atoms with Gasteiger partial charge in [0.1, 0.15) is 12.6 Å². The minimum absolute atomic E-state index is 0.0652. The maximum Gasteiger partial charge on any atom is 0.326 e. The lowest BCUT2D eigenvalue weighted by Gasteiger charge is -2.18. The Kier molecular flexibility index (Phi) is 4.95. The number of halogens is 1. The highest BCUT2D eigenvalue weighted by molar-refractivity contribution is 5.76. The number of esters is 1. The van der Waals surface area contributed by atoms with Crippen LogP contribution in [0.15, 0.2) is 18.2 Å².